The van der Waals surface area contributed by atoms with Gasteiger partial charge in [0.25, 0.3) is 5.91 Å². The molecule has 202 valence electrons. The second-order valence-corrected chi connectivity index (χ2v) is 10.9. The summed E-state index contributed by atoms with van der Waals surface area (Å²) in [5, 5.41) is 14.9. The molecular formula is C28H34N4O5S. The predicted molar refractivity (Wildman–Crippen MR) is 145 cm³/mol. The molecule has 4 rings (SSSR count). The highest BCUT2D eigenvalue weighted by molar-refractivity contribution is 7.17. The van der Waals surface area contributed by atoms with Crippen LogP contribution >= 0.6 is 11.3 Å². The van der Waals surface area contributed by atoms with Crippen LogP contribution in [0.2, 0.25) is 0 Å². The molecule has 2 N–H and O–H groups in total. The zero-order chi connectivity index (χ0) is 27.1. The fraction of sp³-hybridized carbons (Fsp3) is 0.464. The molecule has 0 radical (unpaired) electrons. The van der Waals surface area contributed by atoms with Gasteiger partial charge in [0.15, 0.2) is 0 Å². The molecule has 1 aliphatic carbocycles. The first-order chi connectivity index (χ1) is 18.3. The van der Waals surface area contributed by atoms with E-state index < -0.39 is 29.2 Å². The topological polar surface area (TPSA) is 122 Å². The van der Waals surface area contributed by atoms with Crippen molar-refractivity contribution in [1.82, 2.24) is 20.2 Å². The number of ketones is 1. The van der Waals surface area contributed by atoms with Gasteiger partial charge in [-0.3, -0.25) is 14.5 Å². The second kappa shape index (κ2) is 12.3. The maximum Gasteiger partial charge on any atom is 0.407 e. The van der Waals surface area contributed by atoms with Crippen molar-refractivity contribution in [3.05, 3.63) is 53.7 Å². The van der Waals surface area contributed by atoms with Gasteiger partial charge < -0.3 is 15.2 Å². The lowest BCUT2D eigenvalue weighted by Gasteiger charge is -2.45. The number of unbranched alkanes of at least 4 members (excludes halogenated alkanes) is 1. The third kappa shape index (κ3) is 6.30. The van der Waals surface area contributed by atoms with Crippen LogP contribution in [0, 0.1) is 5.41 Å². The van der Waals surface area contributed by atoms with Crippen molar-refractivity contribution in [1.29, 1.82) is 0 Å². The normalized spacial score (nSPS) is 15.7. The van der Waals surface area contributed by atoms with Crippen LogP contribution < -0.4 is 10.1 Å². The van der Waals surface area contributed by atoms with E-state index in [9.17, 15) is 19.5 Å². The SMILES string of the molecule is CCCC[C@@H](C(=O)C(=O)N[C@H](C)c1ccccc1)N(CC1(COc2ncnc3ccsc23)CCC1)C(=O)O. The van der Waals surface area contributed by atoms with E-state index >= 15 is 0 Å². The van der Waals surface area contributed by atoms with Gasteiger partial charge >= 0.3 is 6.09 Å². The zero-order valence-corrected chi connectivity index (χ0v) is 22.6. The Morgan fingerprint density at radius 2 is 1.95 bits per heavy atom. The summed E-state index contributed by atoms with van der Waals surface area (Å²) in [6.45, 7) is 4.16. The lowest BCUT2D eigenvalue weighted by atomic mass is 9.68. The largest absolute Gasteiger partial charge is 0.476 e. The van der Waals surface area contributed by atoms with E-state index in [1.165, 1.54) is 17.7 Å². The van der Waals surface area contributed by atoms with Gasteiger partial charge in [0.05, 0.1) is 18.2 Å². The molecule has 1 saturated carbocycles. The number of carbonyl (C=O) groups is 3. The summed E-state index contributed by atoms with van der Waals surface area (Å²) in [7, 11) is 0. The van der Waals surface area contributed by atoms with Crippen molar-refractivity contribution in [2.24, 2.45) is 5.41 Å². The third-order valence-corrected chi connectivity index (χ3v) is 8.16. The van der Waals surface area contributed by atoms with Crippen LogP contribution in [0.15, 0.2) is 48.1 Å². The van der Waals surface area contributed by atoms with Gasteiger partial charge in [-0.1, -0.05) is 56.5 Å². The fourth-order valence-electron chi connectivity index (χ4n) is 4.86. The second-order valence-electron chi connectivity index (χ2n) is 9.99. The Bertz CT molecular complexity index is 1260. The summed E-state index contributed by atoms with van der Waals surface area (Å²) in [6.07, 6.45) is 4.40. The number of amides is 2. The Hall–Kier alpha value is -3.53. The number of nitrogens with zero attached hydrogens (tertiary/aromatic N) is 3. The minimum atomic E-state index is -1.21. The summed E-state index contributed by atoms with van der Waals surface area (Å²) in [6, 6.07) is 9.80. The van der Waals surface area contributed by atoms with E-state index in [1.807, 2.05) is 48.7 Å². The molecule has 38 heavy (non-hydrogen) atoms. The Morgan fingerprint density at radius 1 is 1.18 bits per heavy atom. The molecule has 0 aliphatic heterocycles. The number of thiophene rings is 1. The number of hydrogen-bond donors (Lipinski definition) is 2. The smallest absolute Gasteiger partial charge is 0.407 e. The Kier molecular flexibility index (Phi) is 8.93. The Balaban J connectivity index is 1.49. The van der Waals surface area contributed by atoms with E-state index in [2.05, 4.69) is 15.3 Å². The van der Waals surface area contributed by atoms with Crippen molar-refractivity contribution in [2.75, 3.05) is 13.2 Å². The van der Waals surface area contributed by atoms with E-state index in [-0.39, 0.29) is 25.6 Å². The van der Waals surface area contributed by atoms with Crippen LogP contribution in [0.4, 0.5) is 4.79 Å². The van der Waals surface area contributed by atoms with E-state index in [0.717, 1.165) is 46.4 Å². The minimum Gasteiger partial charge on any atom is -0.476 e. The first-order valence-corrected chi connectivity index (χ1v) is 13.9. The monoisotopic (exact) mass is 538 g/mol. The number of Topliss-reactive ketones (excluding diaryl/α,β-unsaturated/α-hetero) is 1. The van der Waals surface area contributed by atoms with E-state index in [0.29, 0.717) is 12.3 Å². The molecule has 0 saturated heterocycles. The molecule has 0 unspecified atom stereocenters. The zero-order valence-electron chi connectivity index (χ0n) is 21.8. The average Bonchev–Trinajstić information content (AvgIpc) is 3.39. The Morgan fingerprint density at radius 3 is 2.61 bits per heavy atom. The minimum absolute atomic E-state index is 0.114. The summed E-state index contributed by atoms with van der Waals surface area (Å²) in [5.41, 5.74) is 1.21. The highest BCUT2D eigenvalue weighted by atomic mass is 32.1. The molecule has 2 atom stereocenters. The average molecular weight is 539 g/mol. The molecule has 2 heterocycles. The number of ether oxygens (including phenoxy) is 1. The quantitative estimate of drug-likeness (QED) is 0.286. The number of aromatic nitrogens is 2. The van der Waals surface area contributed by atoms with Gasteiger partial charge in [-0.2, -0.15) is 0 Å². The molecular weight excluding hydrogens is 504 g/mol. The molecule has 1 fully saturated rings. The number of carbonyl (C=O) groups excluding carboxylic acids is 2. The number of carboxylic acid groups (broad SMARTS) is 1. The summed E-state index contributed by atoms with van der Waals surface area (Å²) in [4.78, 5) is 48.5. The maximum atomic E-state index is 13.4. The molecule has 0 spiro atoms. The van der Waals surface area contributed by atoms with Crippen molar-refractivity contribution >= 4 is 39.3 Å². The highest BCUT2D eigenvalue weighted by Crippen LogP contribution is 2.43. The maximum absolute atomic E-state index is 13.4. The molecule has 1 aliphatic rings. The van der Waals surface area contributed by atoms with Gasteiger partial charge in [0.2, 0.25) is 11.7 Å². The van der Waals surface area contributed by atoms with Crippen LogP contribution in [-0.4, -0.2) is 57.0 Å². The Labute approximate surface area is 226 Å². The van der Waals surface area contributed by atoms with Crippen LogP contribution in [0.25, 0.3) is 10.2 Å². The van der Waals surface area contributed by atoms with E-state index in [1.54, 1.807) is 6.92 Å². The lowest BCUT2D eigenvalue weighted by molar-refractivity contribution is -0.141. The molecule has 9 nitrogen and oxygen atoms in total. The predicted octanol–water partition coefficient (Wildman–Crippen LogP) is 5.23. The number of benzene rings is 1. The van der Waals surface area contributed by atoms with Crippen molar-refractivity contribution in [2.45, 2.75) is 64.5 Å². The number of hydrogen-bond acceptors (Lipinski definition) is 7. The molecule has 0 bridgehead atoms. The lowest BCUT2D eigenvalue weighted by Crippen LogP contribution is -2.55. The van der Waals surface area contributed by atoms with Crippen molar-refractivity contribution < 1.29 is 24.2 Å². The van der Waals surface area contributed by atoms with Gasteiger partial charge in [-0.15, -0.1) is 11.3 Å². The summed E-state index contributed by atoms with van der Waals surface area (Å²) >= 11 is 1.49. The summed E-state index contributed by atoms with van der Waals surface area (Å²) < 4.78 is 6.96. The number of rotatable bonds is 13. The van der Waals surface area contributed by atoms with Gasteiger partial charge in [0, 0.05) is 12.0 Å². The van der Waals surface area contributed by atoms with Crippen molar-refractivity contribution in [3.63, 3.8) is 0 Å². The molecule has 3 aromatic rings. The molecule has 2 aromatic heterocycles. The molecule has 2 amide bonds. The van der Waals surface area contributed by atoms with Crippen LogP contribution in [0.3, 0.4) is 0 Å². The number of fused-ring (bicyclic) bond motifs is 1. The fourth-order valence-corrected chi connectivity index (χ4v) is 5.65. The first kappa shape index (κ1) is 27.5. The van der Waals surface area contributed by atoms with Crippen molar-refractivity contribution in [3.8, 4) is 5.88 Å². The highest BCUT2D eigenvalue weighted by Gasteiger charge is 2.44. The molecule has 10 heteroatoms. The van der Waals surface area contributed by atoms with Crippen LogP contribution in [0.5, 0.6) is 5.88 Å². The van der Waals surface area contributed by atoms with E-state index in [4.69, 9.17) is 4.74 Å². The van der Waals surface area contributed by atoms with Gasteiger partial charge in [0.1, 0.15) is 17.1 Å². The molecule has 1 aromatic carbocycles. The van der Waals surface area contributed by atoms with Crippen LogP contribution in [0.1, 0.15) is 64.0 Å². The third-order valence-electron chi connectivity index (χ3n) is 7.27. The van der Waals surface area contributed by atoms with Gasteiger partial charge in [-0.25, -0.2) is 14.8 Å². The number of nitrogens with one attached hydrogen (secondary N) is 1. The summed E-state index contributed by atoms with van der Waals surface area (Å²) in [5.74, 6) is -1.02. The van der Waals surface area contributed by atoms with Gasteiger partial charge in [-0.05, 0) is 43.2 Å². The van der Waals surface area contributed by atoms with Crippen LogP contribution in [-0.2, 0) is 9.59 Å². The first-order valence-electron chi connectivity index (χ1n) is 13.0. The standard InChI is InChI=1S/C28H34N4O5S/c1-3-4-11-22(23(33)25(34)31-19(2)20-9-6-5-7-10-20)32(27(35)36)16-28(13-8-14-28)17-37-26-24-21(12-15-38-24)29-18-30-26/h5-7,9-10,12,15,18-19,22H,3-4,8,11,13-14,16-17H2,1-2H3,(H,31,34)(H,35,36)/t19-,22+/m1/s1.